The third-order valence-electron chi connectivity index (χ3n) is 1.52. The fraction of sp³-hybridized carbons (Fsp3) is 0.286. The van der Waals surface area contributed by atoms with Gasteiger partial charge in [0.2, 0.25) is 0 Å². The smallest absolute Gasteiger partial charge is 0.269 e. The first-order chi connectivity index (χ1) is 6.19. The second kappa shape index (κ2) is 4.08. The maximum absolute atomic E-state index is 11.0. The molecule has 0 aromatic carbocycles. The van der Waals surface area contributed by atoms with Gasteiger partial charge in [0.1, 0.15) is 0 Å². The Morgan fingerprint density at radius 1 is 1.54 bits per heavy atom. The number of hydrogen-bond acceptors (Lipinski definition) is 3. The lowest BCUT2D eigenvalue weighted by atomic mass is 10.4. The average molecular weight is 198 g/mol. The van der Waals surface area contributed by atoms with E-state index in [4.69, 9.17) is 0 Å². The number of amidine groups is 1. The zero-order valence-corrected chi connectivity index (χ0v) is 8.23. The molecule has 0 saturated heterocycles. The molecule has 1 aromatic rings. The van der Waals surface area contributed by atoms with Crippen LogP contribution in [0, 0.1) is 6.92 Å². The molecule has 0 unspecified atom stereocenters. The summed E-state index contributed by atoms with van der Waals surface area (Å²) in [6.07, 6.45) is 1.84. The molecule has 5 nitrogen and oxygen atoms in total. The Morgan fingerprint density at radius 3 is 2.62 bits per heavy atom. The van der Waals surface area contributed by atoms with Crippen LogP contribution in [0.5, 0.6) is 0 Å². The molecule has 13 heavy (non-hydrogen) atoms. The summed E-state index contributed by atoms with van der Waals surface area (Å²) in [5.41, 5.74) is 0.387. The lowest BCUT2D eigenvalue weighted by Gasteiger charge is -1.92. The maximum atomic E-state index is 11.0. The lowest BCUT2D eigenvalue weighted by molar-refractivity contribution is 1.05. The van der Waals surface area contributed by atoms with Gasteiger partial charge in [-0.1, -0.05) is 11.8 Å². The summed E-state index contributed by atoms with van der Waals surface area (Å²) in [5.74, 6) is 0.502. The fourth-order valence-electron chi connectivity index (χ4n) is 0.764. The van der Waals surface area contributed by atoms with Crippen LogP contribution in [0.25, 0.3) is 0 Å². The van der Waals surface area contributed by atoms with E-state index in [9.17, 15) is 4.79 Å². The molecule has 0 fully saturated rings. The Kier molecular flexibility index (Phi) is 3.07. The van der Waals surface area contributed by atoms with Crippen molar-refractivity contribution in [1.29, 1.82) is 0 Å². The highest BCUT2D eigenvalue weighted by atomic mass is 32.2. The van der Waals surface area contributed by atoms with Crippen LogP contribution in [0.3, 0.4) is 0 Å². The van der Waals surface area contributed by atoms with Gasteiger partial charge in [-0.3, -0.25) is 15.0 Å². The summed E-state index contributed by atoms with van der Waals surface area (Å²) in [4.78, 5) is 18.7. The first-order valence-electron chi connectivity index (χ1n) is 3.55. The van der Waals surface area contributed by atoms with Gasteiger partial charge in [-0.25, -0.2) is 9.98 Å². The standard InChI is InChI=1S/C7H10N4OS/c1-4-5(10-11-6(4)12)9-7(8-2)13-3/h2H2,1,3H3,(H2,10,11,12). The molecule has 0 radical (unpaired) electrons. The molecule has 70 valence electrons. The van der Waals surface area contributed by atoms with Crippen molar-refractivity contribution in [1.82, 2.24) is 10.2 Å². The van der Waals surface area contributed by atoms with E-state index in [0.717, 1.165) is 0 Å². The van der Waals surface area contributed by atoms with Gasteiger partial charge in [0, 0.05) is 0 Å². The molecule has 0 bridgehead atoms. The van der Waals surface area contributed by atoms with Crippen LogP contribution in [0.15, 0.2) is 14.8 Å². The van der Waals surface area contributed by atoms with Crippen molar-refractivity contribution in [2.75, 3.05) is 6.26 Å². The van der Waals surface area contributed by atoms with Crippen molar-refractivity contribution < 1.29 is 0 Å². The molecule has 0 aliphatic heterocycles. The second-order valence-corrected chi connectivity index (χ2v) is 3.08. The van der Waals surface area contributed by atoms with Crippen molar-refractivity contribution in [3.63, 3.8) is 0 Å². The Balaban J connectivity index is 3.09. The van der Waals surface area contributed by atoms with Crippen LogP contribution in [-0.4, -0.2) is 28.3 Å². The molecular formula is C7H10N4OS. The van der Waals surface area contributed by atoms with Crippen molar-refractivity contribution in [2.24, 2.45) is 9.98 Å². The highest BCUT2D eigenvalue weighted by Crippen LogP contribution is 2.12. The highest BCUT2D eigenvalue weighted by molar-refractivity contribution is 8.13. The van der Waals surface area contributed by atoms with Crippen molar-refractivity contribution in [3.8, 4) is 0 Å². The summed E-state index contributed by atoms with van der Waals surface area (Å²) in [7, 11) is 0. The van der Waals surface area contributed by atoms with E-state index in [2.05, 4.69) is 26.9 Å². The maximum Gasteiger partial charge on any atom is 0.269 e. The first kappa shape index (κ1) is 9.79. The van der Waals surface area contributed by atoms with Gasteiger partial charge in [-0.15, -0.1) is 0 Å². The van der Waals surface area contributed by atoms with Crippen LogP contribution >= 0.6 is 11.8 Å². The van der Waals surface area contributed by atoms with E-state index in [1.54, 1.807) is 6.92 Å². The van der Waals surface area contributed by atoms with E-state index >= 15 is 0 Å². The zero-order chi connectivity index (χ0) is 9.84. The van der Waals surface area contributed by atoms with Gasteiger partial charge >= 0.3 is 0 Å². The van der Waals surface area contributed by atoms with Crippen molar-refractivity contribution >= 4 is 29.5 Å². The molecular weight excluding hydrogens is 188 g/mol. The number of thioether (sulfide) groups is 1. The predicted octanol–water partition coefficient (Wildman–Crippen LogP) is 1.06. The summed E-state index contributed by atoms with van der Waals surface area (Å²) >= 11 is 1.37. The van der Waals surface area contributed by atoms with E-state index in [-0.39, 0.29) is 5.56 Å². The number of nitrogens with zero attached hydrogens (tertiary/aromatic N) is 2. The van der Waals surface area contributed by atoms with Gasteiger partial charge in [-0.2, -0.15) is 0 Å². The Hall–Kier alpha value is -1.30. The lowest BCUT2D eigenvalue weighted by Crippen LogP contribution is -2.00. The third-order valence-corrected chi connectivity index (χ3v) is 2.10. The summed E-state index contributed by atoms with van der Waals surface area (Å²) in [6.45, 7) is 5.05. The number of nitrogens with one attached hydrogen (secondary N) is 2. The number of hydrogen-bond donors (Lipinski definition) is 2. The van der Waals surface area contributed by atoms with E-state index < -0.39 is 0 Å². The SMILES string of the molecule is C=NC(=Nc1[nH][nH]c(=O)c1C)SC. The topological polar surface area (TPSA) is 73.4 Å². The average Bonchev–Trinajstić information content (AvgIpc) is 2.45. The van der Waals surface area contributed by atoms with E-state index in [0.29, 0.717) is 16.5 Å². The van der Waals surface area contributed by atoms with Gasteiger partial charge in [0.15, 0.2) is 11.0 Å². The molecule has 0 amide bonds. The number of aliphatic imine (C=N–C) groups is 2. The third kappa shape index (κ3) is 2.09. The minimum atomic E-state index is -0.164. The quantitative estimate of drug-likeness (QED) is 0.523. The molecule has 1 rings (SSSR count). The first-order valence-corrected chi connectivity index (χ1v) is 4.78. The molecule has 0 aliphatic rings. The fourth-order valence-corrected chi connectivity index (χ4v) is 1.08. The molecule has 0 atom stereocenters. The minimum absolute atomic E-state index is 0.164. The van der Waals surface area contributed by atoms with Gasteiger partial charge in [0.05, 0.1) is 5.56 Å². The molecule has 1 heterocycles. The van der Waals surface area contributed by atoms with Crippen LogP contribution in [-0.2, 0) is 0 Å². The summed E-state index contributed by atoms with van der Waals surface area (Å²) in [5, 5.41) is 5.60. The monoisotopic (exact) mass is 198 g/mol. The second-order valence-electron chi connectivity index (χ2n) is 2.31. The molecule has 0 saturated carbocycles. The van der Waals surface area contributed by atoms with Crippen LogP contribution in [0.2, 0.25) is 0 Å². The van der Waals surface area contributed by atoms with Crippen LogP contribution < -0.4 is 5.56 Å². The normalized spacial score (nSPS) is 11.7. The molecule has 1 aromatic heterocycles. The number of H-pyrrole nitrogens is 2. The predicted molar refractivity (Wildman–Crippen MR) is 56.3 cm³/mol. The Morgan fingerprint density at radius 2 is 2.23 bits per heavy atom. The number of aromatic nitrogens is 2. The molecule has 6 heteroatoms. The van der Waals surface area contributed by atoms with E-state index in [1.165, 1.54) is 11.8 Å². The van der Waals surface area contributed by atoms with Crippen LogP contribution in [0.4, 0.5) is 5.82 Å². The summed E-state index contributed by atoms with van der Waals surface area (Å²) < 4.78 is 0. The summed E-state index contributed by atoms with van der Waals surface area (Å²) in [6, 6.07) is 0. The number of rotatable bonds is 1. The van der Waals surface area contributed by atoms with Crippen molar-refractivity contribution in [2.45, 2.75) is 6.92 Å². The molecule has 0 aliphatic carbocycles. The van der Waals surface area contributed by atoms with Crippen molar-refractivity contribution in [3.05, 3.63) is 15.9 Å². The van der Waals surface area contributed by atoms with Gasteiger partial charge in [0.25, 0.3) is 5.56 Å². The molecule has 2 N–H and O–H groups in total. The van der Waals surface area contributed by atoms with Gasteiger partial charge < -0.3 is 0 Å². The van der Waals surface area contributed by atoms with Crippen LogP contribution in [0.1, 0.15) is 5.56 Å². The van der Waals surface area contributed by atoms with E-state index in [1.807, 2.05) is 6.26 Å². The largest absolute Gasteiger partial charge is 0.281 e. The number of aromatic amines is 2. The Labute approximate surface area is 79.4 Å². The molecule has 0 spiro atoms. The minimum Gasteiger partial charge on any atom is -0.281 e. The van der Waals surface area contributed by atoms with Gasteiger partial charge in [-0.05, 0) is 19.9 Å². The highest BCUT2D eigenvalue weighted by Gasteiger charge is 2.03. The zero-order valence-electron chi connectivity index (χ0n) is 7.42. The Bertz CT molecular complexity index is 389.